The molecule has 4 rings (SSSR count). The van der Waals surface area contributed by atoms with Gasteiger partial charge in [-0.1, -0.05) is 19.9 Å². The first kappa shape index (κ1) is 30.1. The van der Waals surface area contributed by atoms with Crippen LogP contribution in [0.5, 0.6) is 5.75 Å². The predicted octanol–water partition coefficient (Wildman–Crippen LogP) is 5.92. The van der Waals surface area contributed by atoms with Gasteiger partial charge in [0.1, 0.15) is 11.6 Å². The lowest BCUT2D eigenvalue weighted by molar-refractivity contribution is 0.0722. The van der Waals surface area contributed by atoms with Crippen LogP contribution in [0.3, 0.4) is 0 Å². The molecule has 8 heteroatoms. The number of amides is 2. The van der Waals surface area contributed by atoms with E-state index in [0.717, 1.165) is 37.2 Å². The second-order valence-corrected chi connectivity index (χ2v) is 11.3. The lowest BCUT2D eigenvalue weighted by Crippen LogP contribution is -2.42. The van der Waals surface area contributed by atoms with E-state index in [0.29, 0.717) is 36.1 Å². The Bertz CT molecular complexity index is 1340. The van der Waals surface area contributed by atoms with Crippen molar-refractivity contribution in [2.45, 2.75) is 39.3 Å². The Morgan fingerprint density at radius 3 is 2.37 bits per heavy atom. The Kier molecular flexibility index (Phi) is 10.00. The van der Waals surface area contributed by atoms with Crippen molar-refractivity contribution in [1.82, 2.24) is 9.80 Å². The minimum Gasteiger partial charge on any atom is -0.497 e. The number of halogens is 1. The SMILES string of the molecule is COc1ccc(C(=O)N(Cc2cc(NC(=O)c3cccc(F)c3)ccc2N(C)C2CCN(C)CC2)CC(C)C)cc1. The van der Waals surface area contributed by atoms with Crippen molar-refractivity contribution >= 4 is 23.2 Å². The van der Waals surface area contributed by atoms with Gasteiger partial charge in [0, 0.05) is 48.7 Å². The quantitative estimate of drug-likeness (QED) is 0.334. The second kappa shape index (κ2) is 13.6. The van der Waals surface area contributed by atoms with Gasteiger partial charge >= 0.3 is 0 Å². The van der Waals surface area contributed by atoms with Crippen molar-refractivity contribution < 1.29 is 18.7 Å². The zero-order valence-corrected chi connectivity index (χ0v) is 24.7. The van der Waals surface area contributed by atoms with Crippen LogP contribution in [0.25, 0.3) is 0 Å². The summed E-state index contributed by atoms with van der Waals surface area (Å²) in [6, 6.07) is 19.0. The molecule has 0 bridgehead atoms. The third-order valence-corrected chi connectivity index (χ3v) is 7.61. The van der Waals surface area contributed by atoms with Gasteiger partial charge in [-0.05, 0) is 105 Å². The molecule has 3 aromatic rings. The molecule has 1 N–H and O–H groups in total. The molecule has 0 radical (unpaired) electrons. The molecule has 1 aliphatic heterocycles. The summed E-state index contributed by atoms with van der Waals surface area (Å²) in [4.78, 5) is 33.2. The number of nitrogens with zero attached hydrogens (tertiary/aromatic N) is 3. The van der Waals surface area contributed by atoms with Crippen molar-refractivity contribution in [2.24, 2.45) is 5.92 Å². The number of methoxy groups -OCH3 is 1. The van der Waals surface area contributed by atoms with Gasteiger partial charge in [0.05, 0.1) is 7.11 Å². The molecule has 2 amide bonds. The van der Waals surface area contributed by atoms with Gasteiger partial charge < -0.3 is 24.8 Å². The highest BCUT2D eigenvalue weighted by molar-refractivity contribution is 6.04. The molecule has 0 atom stereocenters. The van der Waals surface area contributed by atoms with Gasteiger partial charge in [-0.25, -0.2) is 4.39 Å². The number of benzene rings is 3. The smallest absolute Gasteiger partial charge is 0.255 e. The van der Waals surface area contributed by atoms with E-state index in [2.05, 4.69) is 43.1 Å². The Labute approximate surface area is 242 Å². The van der Waals surface area contributed by atoms with E-state index in [1.807, 2.05) is 23.1 Å². The average molecular weight is 561 g/mol. The number of nitrogens with one attached hydrogen (secondary N) is 1. The van der Waals surface area contributed by atoms with Crippen molar-refractivity contribution in [3.05, 3.63) is 89.2 Å². The van der Waals surface area contributed by atoms with Crippen molar-refractivity contribution in [2.75, 3.05) is 51.1 Å². The lowest BCUT2D eigenvalue weighted by atomic mass is 10.0. The first-order chi connectivity index (χ1) is 19.6. The number of likely N-dealkylation sites (tertiary alicyclic amines) is 1. The second-order valence-electron chi connectivity index (χ2n) is 11.3. The number of ether oxygens (including phenoxy) is 1. The number of rotatable bonds is 10. The molecule has 0 spiro atoms. The highest BCUT2D eigenvalue weighted by Crippen LogP contribution is 2.30. The maximum Gasteiger partial charge on any atom is 0.255 e. The van der Waals surface area contributed by atoms with E-state index >= 15 is 0 Å². The molecule has 0 unspecified atom stereocenters. The zero-order valence-electron chi connectivity index (χ0n) is 24.7. The molecule has 3 aromatic carbocycles. The van der Waals surface area contributed by atoms with Gasteiger partial charge in [0.15, 0.2) is 0 Å². The van der Waals surface area contributed by atoms with Crippen LogP contribution in [0.2, 0.25) is 0 Å². The Morgan fingerprint density at radius 1 is 1.02 bits per heavy atom. The predicted molar refractivity (Wildman–Crippen MR) is 162 cm³/mol. The summed E-state index contributed by atoms with van der Waals surface area (Å²) in [5.41, 5.74) is 3.39. The van der Waals surface area contributed by atoms with E-state index in [9.17, 15) is 14.0 Å². The van der Waals surface area contributed by atoms with E-state index in [-0.39, 0.29) is 23.3 Å². The minimum atomic E-state index is -0.463. The number of anilines is 2. The first-order valence-corrected chi connectivity index (χ1v) is 14.2. The van der Waals surface area contributed by atoms with E-state index in [1.54, 1.807) is 37.4 Å². The Morgan fingerprint density at radius 2 is 1.73 bits per heavy atom. The van der Waals surface area contributed by atoms with Crippen LogP contribution in [-0.2, 0) is 6.54 Å². The first-order valence-electron chi connectivity index (χ1n) is 14.2. The van der Waals surface area contributed by atoms with Crippen molar-refractivity contribution in [1.29, 1.82) is 0 Å². The minimum absolute atomic E-state index is 0.0663. The fraction of sp³-hybridized carbons (Fsp3) is 0.394. The number of carbonyl (C=O) groups is 2. The van der Waals surface area contributed by atoms with E-state index in [4.69, 9.17) is 4.74 Å². The van der Waals surface area contributed by atoms with Crippen LogP contribution in [0.1, 0.15) is 53.0 Å². The van der Waals surface area contributed by atoms with Gasteiger partial charge in [0.2, 0.25) is 0 Å². The molecule has 1 saturated heterocycles. The highest BCUT2D eigenvalue weighted by Gasteiger charge is 2.25. The van der Waals surface area contributed by atoms with E-state index < -0.39 is 5.82 Å². The number of piperidine rings is 1. The molecule has 7 nitrogen and oxygen atoms in total. The molecule has 218 valence electrons. The number of hydrogen-bond donors (Lipinski definition) is 1. The third-order valence-electron chi connectivity index (χ3n) is 7.61. The summed E-state index contributed by atoms with van der Waals surface area (Å²) in [7, 11) is 5.86. The van der Waals surface area contributed by atoms with Gasteiger partial charge in [-0.15, -0.1) is 0 Å². The van der Waals surface area contributed by atoms with Gasteiger partial charge in [0.25, 0.3) is 11.8 Å². The summed E-state index contributed by atoms with van der Waals surface area (Å²) in [5, 5.41) is 2.92. The molecule has 1 fully saturated rings. The fourth-order valence-corrected chi connectivity index (χ4v) is 5.33. The monoisotopic (exact) mass is 560 g/mol. The standard InChI is InChI=1S/C33H41FN4O3/c1-23(2)21-38(33(40)24-9-12-30(41-5)13-10-24)22-26-20-28(35-32(39)25-7-6-8-27(34)19-25)11-14-31(26)37(4)29-15-17-36(3)18-16-29/h6-14,19-20,23,29H,15-18,21-22H2,1-5H3,(H,35,39). The molecule has 1 heterocycles. The molecule has 1 aliphatic rings. The van der Waals surface area contributed by atoms with Crippen LogP contribution in [0.15, 0.2) is 66.7 Å². The summed E-state index contributed by atoms with van der Waals surface area (Å²) >= 11 is 0. The molecule has 0 aromatic heterocycles. The number of carbonyl (C=O) groups excluding carboxylic acids is 2. The zero-order chi connectivity index (χ0) is 29.5. The molecule has 41 heavy (non-hydrogen) atoms. The summed E-state index contributed by atoms with van der Waals surface area (Å²) in [6.07, 6.45) is 2.09. The fourth-order valence-electron chi connectivity index (χ4n) is 5.33. The highest BCUT2D eigenvalue weighted by atomic mass is 19.1. The van der Waals surface area contributed by atoms with Crippen LogP contribution >= 0.6 is 0 Å². The summed E-state index contributed by atoms with van der Waals surface area (Å²) in [6.45, 7) is 7.19. The summed E-state index contributed by atoms with van der Waals surface area (Å²) in [5.74, 6) is 0.0299. The van der Waals surface area contributed by atoms with Gasteiger partial charge in [-0.2, -0.15) is 0 Å². The number of hydrogen-bond acceptors (Lipinski definition) is 5. The lowest BCUT2D eigenvalue weighted by Gasteiger charge is -2.38. The maximum atomic E-state index is 13.7. The van der Waals surface area contributed by atoms with E-state index in [1.165, 1.54) is 18.2 Å². The van der Waals surface area contributed by atoms with Crippen molar-refractivity contribution in [3.8, 4) is 5.75 Å². The average Bonchev–Trinajstić information content (AvgIpc) is 2.96. The van der Waals surface area contributed by atoms with Crippen LogP contribution < -0.4 is 15.0 Å². The Hall–Kier alpha value is -3.91. The summed E-state index contributed by atoms with van der Waals surface area (Å²) < 4.78 is 19.0. The van der Waals surface area contributed by atoms with Crippen LogP contribution in [0, 0.1) is 11.7 Å². The molecule has 0 saturated carbocycles. The van der Waals surface area contributed by atoms with Crippen molar-refractivity contribution in [3.63, 3.8) is 0 Å². The topological polar surface area (TPSA) is 65.1 Å². The van der Waals surface area contributed by atoms with Crippen LogP contribution in [-0.4, -0.2) is 68.5 Å². The molecular formula is C33H41FN4O3. The largest absolute Gasteiger partial charge is 0.497 e. The maximum absolute atomic E-state index is 13.7. The van der Waals surface area contributed by atoms with Crippen LogP contribution in [0.4, 0.5) is 15.8 Å². The molecular weight excluding hydrogens is 519 g/mol. The molecule has 0 aliphatic carbocycles. The third kappa shape index (κ3) is 7.85. The van der Waals surface area contributed by atoms with Gasteiger partial charge in [-0.3, -0.25) is 9.59 Å². The normalized spacial score (nSPS) is 14.1. The Balaban J connectivity index is 1.66.